The number of aryl methyl sites for hydroxylation is 1. The lowest BCUT2D eigenvalue weighted by Crippen LogP contribution is -2.32. The highest BCUT2D eigenvalue weighted by molar-refractivity contribution is 7.10. The predicted octanol–water partition coefficient (Wildman–Crippen LogP) is 2.85. The molecule has 1 saturated heterocycles. The van der Waals surface area contributed by atoms with E-state index < -0.39 is 0 Å². The zero-order valence-corrected chi connectivity index (χ0v) is 11.4. The van der Waals surface area contributed by atoms with Gasteiger partial charge in [-0.1, -0.05) is 6.92 Å². The molecule has 0 amide bonds. The molecule has 17 heavy (non-hydrogen) atoms. The van der Waals surface area contributed by atoms with Crippen LogP contribution in [-0.4, -0.2) is 19.8 Å². The maximum Gasteiger partial charge on any atom is 0.0474 e. The fraction of sp³-hybridized carbons (Fsp3) is 0.714. The van der Waals surface area contributed by atoms with Crippen LogP contribution >= 0.6 is 11.3 Å². The van der Waals surface area contributed by atoms with Crippen molar-refractivity contribution in [3.63, 3.8) is 0 Å². The molecule has 0 saturated carbocycles. The lowest BCUT2D eigenvalue weighted by molar-refractivity contribution is 0.0503. The second-order valence-corrected chi connectivity index (χ2v) is 6.20. The SMILES string of the molecule is CCNCc1csc2c1C1(CCOCC1)CC2. The lowest BCUT2D eigenvalue weighted by Gasteiger charge is -2.35. The van der Waals surface area contributed by atoms with E-state index in [9.17, 15) is 0 Å². The summed E-state index contributed by atoms with van der Waals surface area (Å²) in [4.78, 5) is 1.65. The highest BCUT2D eigenvalue weighted by Gasteiger charge is 2.42. The standard InChI is InChI=1S/C14H21NOS/c1-2-15-9-11-10-17-12-3-4-14(13(11)12)5-7-16-8-6-14/h10,15H,2-9H2,1H3. The molecule has 1 aliphatic heterocycles. The molecule has 1 aromatic rings. The molecule has 0 bridgehead atoms. The third-order valence-electron chi connectivity index (χ3n) is 4.32. The van der Waals surface area contributed by atoms with Gasteiger partial charge in [0.25, 0.3) is 0 Å². The Hall–Kier alpha value is -0.380. The van der Waals surface area contributed by atoms with Crippen molar-refractivity contribution in [2.75, 3.05) is 19.8 Å². The van der Waals surface area contributed by atoms with E-state index in [4.69, 9.17) is 4.74 Å². The van der Waals surface area contributed by atoms with Crippen molar-refractivity contribution in [1.82, 2.24) is 5.32 Å². The van der Waals surface area contributed by atoms with Crippen molar-refractivity contribution >= 4 is 11.3 Å². The summed E-state index contributed by atoms with van der Waals surface area (Å²) in [6.07, 6.45) is 5.12. The Morgan fingerprint density at radius 3 is 2.94 bits per heavy atom. The van der Waals surface area contributed by atoms with E-state index in [-0.39, 0.29) is 0 Å². The van der Waals surface area contributed by atoms with Crippen LogP contribution in [0.15, 0.2) is 5.38 Å². The minimum absolute atomic E-state index is 0.471. The Bertz CT molecular complexity index is 393. The van der Waals surface area contributed by atoms with Crippen molar-refractivity contribution in [2.24, 2.45) is 0 Å². The van der Waals surface area contributed by atoms with Gasteiger partial charge in [0.15, 0.2) is 0 Å². The Balaban J connectivity index is 1.90. The number of fused-ring (bicyclic) bond motifs is 2. The minimum atomic E-state index is 0.471. The summed E-state index contributed by atoms with van der Waals surface area (Å²) >= 11 is 1.98. The summed E-state index contributed by atoms with van der Waals surface area (Å²) in [5, 5.41) is 5.86. The Kier molecular flexibility index (Phi) is 3.24. The normalized spacial score (nSPS) is 21.9. The summed E-state index contributed by atoms with van der Waals surface area (Å²) in [6, 6.07) is 0. The van der Waals surface area contributed by atoms with E-state index in [0.717, 1.165) is 26.3 Å². The van der Waals surface area contributed by atoms with Crippen LogP contribution in [0.2, 0.25) is 0 Å². The molecule has 2 aliphatic rings. The van der Waals surface area contributed by atoms with Crippen LogP contribution in [0.25, 0.3) is 0 Å². The molecule has 0 unspecified atom stereocenters. The zero-order chi connectivity index (χ0) is 11.7. The van der Waals surface area contributed by atoms with Crippen molar-refractivity contribution in [3.05, 3.63) is 21.4 Å². The monoisotopic (exact) mass is 251 g/mol. The maximum atomic E-state index is 5.56. The number of rotatable bonds is 3. The van der Waals surface area contributed by atoms with Gasteiger partial charge in [-0.15, -0.1) is 11.3 Å². The molecule has 0 radical (unpaired) electrons. The van der Waals surface area contributed by atoms with E-state index in [1.807, 2.05) is 11.3 Å². The summed E-state index contributed by atoms with van der Waals surface area (Å²) < 4.78 is 5.56. The van der Waals surface area contributed by atoms with Crippen LogP contribution in [0.1, 0.15) is 42.2 Å². The topological polar surface area (TPSA) is 21.3 Å². The third-order valence-corrected chi connectivity index (χ3v) is 5.41. The maximum absolute atomic E-state index is 5.56. The highest BCUT2D eigenvalue weighted by atomic mass is 32.1. The second kappa shape index (κ2) is 4.71. The number of ether oxygens (including phenoxy) is 1. The molecular weight excluding hydrogens is 230 g/mol. The smallest absolute Gasteiger partial charge is 0.0474 e. The van der Waals surface area contributed by atoms with Crippen LogP contribution in [-0.2, 0) is 23.1 Å². The summed E-state index contributed by atoms with van der Waals surface area (Å²) in [5.41, 5.74) is 3.73. The van der Waals surface area contributed by atoms with Crippen LogP contribution in [0.3, 0.4) is 0 Å². The Morgan fingerprint density at radius 1 is 1.35 bits per heavy atom. The molecule has 1 fully saturated rings. The zero-order valence-electron chi connectivity index (χ0n) is 10.6. The number of nitrogens with one attached hydrogen (secondary N) is 1. The molecule has 3 rings (SSSR count). The van der Waals surface area contributed by atoms with E-state index in [2.05, 4.69) is 17.6 Å². The Labute approximate surface area is 107 Å². The molecule has 2 nitrogen and oxygen atoms in total. The number of thiophene rings is 1. The summed E-state index contributed by atoms with van der Waals surface area (Å²) in [6.45, 7) is 6.19. The quantitative estimate of drug-likeness (QED) is 0.892. The van der Waals surface area contributed by atoms with Crippen molar-refractivity contribution in [2.45, 2.75) is 44.6 Å². The van der Waals surface area contributed by atoms with Gasteiger partial charge in [-0.05, 0) is 48.7 Å². The van der Waals surface area contributed by atoms with E-state index >= 15 is 0 Å². The first-order valence-corrected chi connectivity index (χ1v) is 7.62. The van der Waals surface area contributed by atoms with Gasteiger partial charge in [-0.2, -0.15) is 0 Å². The highest BCUT2D eigenvalue weighted by Crippen LogP contribution is 2.49. The van der Waals surface area contributed by atoms with Gasteiger partial charge in [-0.25, -0.2) is 0 Å². The Morgan fingerprint density at radius 2 is 2.18 bits per heavy atom. The van der Waals surface area contributed by atoms with Crippen LogP contribution < -0.4 is 5.32 Å². The predicted molar refractivity (Wildman–Crippen MR) is 71.8 cm³/mol. The molecule has 1 spiro atoms. The van der Waals surface area contributed by atoms with Crippen LogP contribution in [0, 0.1) is 0 Å². The van der Waals surface area contributed by atoms with Gasteiger partial charge in [0.2, 0.25) is 0 Å². The van der Waals surface area contributed by atoms with Crippen molar-refractivity contribution in [3.8, 4) is 0 Å². The molecule has 2 heterocycles. The van der Waals surface area contributed by atoms with E-state index in [0.29, 0.717) is 5.41 Å². The van der Waals surface area contributed by atoms with Gasteiger partial charge < -0.3 is 10.1 Å². The average molecular weight is 251 g/mol. The molecule has 3 heteroatoms. The number of hydrogen-bond donors (Lipinski definition) is 1. The lowest BCUT2D eigenvalue weighted by atomic mass is 9.74. The first kappa shape index (κ1) is 11.7. The first-order valence-electron chi connectivity index (χ1n) is 6.74. The average Bonchev–Trinajstić information content (AvgIpc) is 2.91. The largest absolute Gasteiger partial charge is 0.381 e. The number of hydrogen-bond acceptors (Lipinski definition) is 3. The first-order chi connectivity index (χ1) is 8.36. The van der Waals surface area contributed by atoms with E-state index in [1.165, 1.54) is 25.7 Å². The molecule has 0 atom stereocenters. The van der Waals surface area contributed by atoms with Gasteiger partial charge in [0.1, 0.15) is 0 Å². The second-order valence-electron chi connectivity index (χ2n) is 5.23. The molecule has 1 N–H and O–H groups in total. The van der Waals surface area contributed by atoms with Gasteiger partial charge in [0.05, 0.1) is 0 Å². The molecule has 1 aliphatic carbocycles. The van der Waals surface area contributed by atoms with Crippen LogP contribution in [0.4, 0.5) is 0 Å². The fourth-order valence-electron chi connectivity index (χ4n) is 3.39. The molecule has 0 aromatic carbocycles. The fourth-order valence-corrected chi connectivity index (χ4v) is 4.56. The third kappa shape index (κ3) is 1.94. The summed E-state index contributed by atoms with van der Waals surface area (Å²) in [5.74, 6) is 0. The van der Waals surface area contributed by atoms with Gasteiger partial charge in [-0.3, -0.25) is 0 Å². The van der Waals surface area contributed by atoms with Crippen LogP contribution in [0.5, 0.6) is 0 Å². The summed E-state index contributed by atoms with van der Waals surface area (Å²) in [7, 11) is 0. The molecule has 94 valence electrons. The van der Waals surface area contributed by atoms with Crippen molar-refractivity contribution in [1.29, 1.82) is 0 Å². The minimum Gasteiger partial charge on any atom is -0.381 e. The van der Waals surface area contributed by atoms with Gasteiger partial charge in [0, 0.05) is 30.1 Å². The van der Waals surface area contributed by atoms with Gasteiger partial charge >= 0.3 is 0 Å². The van der Waals surface area contributed by atoms with E-state index in [1.54, 1.807) is 16.0 Å². The molecular formula is C14H21NOS. The molecule has 1 aromatic heterocycles. The van der Waals surface area contributed by atoms with Crippen molar-refractivity contribution < 1.29 is 4.74 Å².